The van der Waals surface area contributed by atoms with Crippen molar-refractivity contribution in [1.29, 1.82) is 0 Å². The van der Waals surface area contributed by atoms with Crippen LogP contribution in [-0.4, -0.2) is 22.7 Å². The minimum Gasteiger partial charge on any atom is -0.479 e. The van der Waals surface area contributed by atoms with Crippen LogP contribution in [0.25, 0.3) is 0 Å². The third-order valence-electron chi connectivity index (χ3n) is 3.36. The van der Waals surface area contributed by atoms with Gasteiger partial charge in [-0.2, -0.15) is 0 Å². The fourth-order valence-corrected chi connectivity index (χ4v) is 2.30. The van der Waals surface area contributed by atoms with Crippen molar-refractivity contribution in [2.75, 3.05) is 5.32 Å². The summed E-state index contributed by atoms with van der Waals surface area (Å²) in [4.78, 5) is 34.0. The van der Waals surface area contributed by atoms with Crippen molar-refractivity contribution in [2.45, 2.75) is 20.0 Å². The smallest absolute Gasteiger partial charge is 0.271 e. The summed E-state index contributed by atoms with van der Waals surface area (Å²) in [6.07, 6.45) is -0.932. The average molecular weight is 363 g/mol. The molecular formula is C17H15ClN2O5. The summed E-state index contributed by atoms with van der Waals surface area (Å²) in [5, 5.41) is 13.4. The summed E-state index contributed by atoms with van der Waals surface area (Å²) in [5.74, 6) is -0.513. The maximum atomic E-state index is 12.3. The first-order chi connectivity index (χ1) is 11.8. The summed E-state index contributed by atoms with van der Waals surface area (Å²) >= 11 is 5.94. The van der Waals surface area contributed by atoms with E-state index < -0.39 is 16.9 Å². The quantitative estimate of drug-likeness (QED) is 0.478. The molecule has 7 nitrogen and oxygen atoms in total. The lowest BCUT2D eigenvalue weighted by Crippen LogP contribution is -2.30. The number of nitrogens with one attached hydrogen (secondary N) is 1. The molecule has 1 N–H and O–H groups in total. The highest BCUT2D eigenvalue weighted by molar-refractivity contribution is 6.32. The molecule has 0 saturated carbocycles. The maximum absolute atomic E-state index is 12.3. The summed E-state index contributed by atoms with van der Waals surface area (Å²) in [6.45, 7) is 2.91. The highest BCUT2D eigenvalue weighted by atomic mass is 35.5. The van der Waals surface area contributed by atoms with E-state index in [0.29, 0.717) is 11.3 Å². The summed E-state index contributed by atoms with van der Waals surface area (Å²) in [6, 6.07) is 10.3. The van der Waals surface area contributed by atoms with E-state index in [2.05, 4.69) is 5.32 Å². The van der Waals surface area contributed by atoms with Gasteiger partial charge in [-0.25, -0.2) is 0 Å². The van der Waals surface area contributed by atoms with E-state index >= 15 is 0 Å². The fourth-order valence-electron chi connectivity index (χ4n) is 2.08. The Morgan fingerprint density at radius 3 is 2.52 bits per heavy atom. The molecule has 2 aromatic rings. The largest absolute Gasteiger partial charge is 0.479 e. The fraction of sp³-hybridized carbons (Fsp3) is 0.176. The Balaban J connectivity index is 2.11. The van der Waals surface area contributed by atoms with Gasteiger partial charge in [0.1, 0.15) is 5.75 Å². The number of nitrogens with zero attached hydrogens (tertiary/aromatic N) is 1. The monoisotopic (exact) mass is 362 g/mol. The predicted octanol–water partition coefficient (Wildman–Crippen LogP) is 3.86. The molecule has 0 radical (unpaired) electrons. The number of carbonyl (C=O) groups excluding carboxylic acids is 2. The highest BCUT2D eigenvalue weighted by Gasteiger charge is 2.19. The van der Waals surface area contributed by atoms with E-state index in [1.165, 1.54) is 26.0 Å². The molecule has 25 heavy (non-hydrogen) atoms. The first kappa shape index (κ1) is 18.4. The van der Waals surface area contributed by atoms with Crippen molar-refractivity contribution in [1.82, 2.24) is 0 Å². The van der Waals surface area contributed by atoms with Gasteiger partial charge in [0, 0.05) is 17.7 Å². The third-order valence-corrected chi connectivity index (χ3v) is 3.66. The molecule has 0 fully saturated rings. The molecular weight excluding hydrogens is 348 g/mol. The number of ether oxygens (including phenoxy) is 1. The predicted molar refractivity (Wildman–Crippen MR) is 93.3 cm³/mol. The number of carbonyl (C=O) groups is 2. The van der Waals surface area contributed by atoms with Gasteiger partial charge < -0.3 is 10.1 Å². The van der Waals surface area contributed by atoms with Gasteiger partial charge in [0.05, 0.1) is 15.6 Å². The summed E-state index contributed by atoms with van der Waals surface area (Å²) < 4.78 is 5.46. The number of hydrogen-bond donors (Lipinski definition) is 1. The van der Waals surface area contributed by atoms with Crippen LogP contribution in [0.1, 0.15) is 24.2 Å². The van der Waals surface area contributed by atoms with Crippen molar-refractivity contribution in [3.8, 4) is 5.75 Å². The number of benzene rings is 2. The number of hydrogen-bond acceptors (Lipinski definition) is 5. The molecule has 0 aliphatic rings. The number of amides is 1. The number of para-hydroxylation sites is 1. The Morgan fingerprint density at radius 2 is 1.92 bits per heavy atom. The van der Waals surface area contributed by atoms with Crippen molar-refractivity contribution >= 4 is 34.7 Å². The van der Waals surface area contributed by atoms with E-state index in [0.717, 1.165) is 6.07 Å². The number of Topliss-reactive ketones (excluding diaryl/α,β-unsaturated/α-hetero) is 1. The molecule has 0 aliphatic heterocycles. The van der Waals surface area contributed by atoms with Crippen molar-refractivity contribution < 1.29 is 19.2 Å². The van der Waals surface area contributed by atoms with E-state index in [1.807, 2.05) is 0 Å². The van der Waals surface area contributed by atoms with Crippen LogP contribution < -0.4 is 10.1 Å². The van der Waals surface area contributed by atoms with Gasteiger partial charge in [-0.1, -0.05) is 23.7 Å². The zero-order valence-electron chi connectivity index (χ0n) is 13.5. The Hall–Kier alpha value is -2.93. The van der Waals surface area contributed by atoms with Crippen molar-refractivity contribution in [3.63, 3.8) is 0 Å². The van der Waals surface area contributed by atoms with Gasteiger partial charge in [-0.15, -0.1) is 0 Å². The number of ketones is 1. The van der Waals surface area contributed by atoms with Gasteiger partial charge in [-0.05, 0) is 32.0 Å². The lowest BCUT2D eigenvalue weighted by atomic mass is 10.1. The number of rotatable bonds is 6. The Bertz CT molecular complexity index is 838. The molecule has 0 aliphatic carbocycles. The molecule has 0 heterocycles. The van der Waals surface area contributed by atoms with E-state index in [9.17, 15) is 19.7 Å². The number of anilines is 1. The second-order valence-corrected chi connectivity index (χ2v) is 5.63. The second-order valence-electron chi connectivity index (χ2n) is 5.22. The first-order valence-corrected chi connectivity index (χ1v) is 7.69. The SMILES string of the molecule is CC(=O)c1ccccc1NC(=O)C(C)Oc1ccc([N+](=O)[O-])cc1Cl. The molecule has 0 spiro atoms. The van der Waals surface area contributed by atoms with Crippen LogP contribution in [0.5, 0.6) is 5.75 Å². The summed E-state index contributed by atoms with van der Waals surface area (Å²) in [7, 11) is 0. The average Bonchev–Trinajstić information content (AvgIpc) is 2.56. The standard InChI is InChI=1S/C17H15ClN2O5/c1-10(21)13-5-3-4-6-15(13)19-17(22)11(2)25-16-8-7-12(20(23)24)9-14(16)18/h3-9,11H,1-2H3,(H,19,22). The Labute approximate surface area is 148 Å². The van der Waals surface area contributed by atoms with Gasteiger partial charge in [0.15, 0.2) is 11.9 Å². The Kier molecular flexibility index (Phi) is 5.71. The second kappa shape index (κ2) is 7.76. The molecule has 0 aromatic heterocycles. The lowest BCUT2D eigenvalue weighted by molar-refractivity contribution is -0.384. The zero-order chi connectivity index (χ0) is 18.6. The third kappa shape index (κ3) is 4.54. The van der Waals surface area contributed by atoms with Crippen molar-refractivity contribution in [3.05, 3.63) is 63.2 Å². The molecule has 1 unspecified atom stereocenters. The maximum Gasteiger partial charge on any atom is 0.271 e. The van der Waals surface area contributed by atoms with Gasteiger partial charge in [-0.3, -0.25) is 19.7 Å². The zero-order valence-corrected chi connectivity index (χ0v) is 14.2. The Morgan fingerprint density at radius 1 is 1.24 bits per heavy atom. The van der Waals surface area contributed by atoms with E-state index in [4.69, 9.17) is 16.3 Å². The van der Waals surface area contributed by atoms with Crippen LogP contribution in [0, 0.1) is 10.1 Å². The molecule has 2 rings (SSSR count). The molecule has 1 amide bonds. The molecule has 2 aromatic carbocycles. The van der Waals surface area contributed by atoms with Crippen LogP contribution in [0.3, 0.4) is 0 Å². The van der Waals surface area contributed by atoms with Crippen molar-refractivity contribution in [2.24, 2.45) is 0 Å². The minimum absolute atomic E-state index is 0.0259. The highest BCUT2D eigenvalue weighted by Crippen LogP contribution is 2.29. The number of halogens is 1. The van der Waals surface area contributed by atoms with Crippen LogP contribution in [0.4, 0.5) is 11.4 Å². The van der Waals surface area contributed by atoms with Gasteiger partial charge in [0.2, 0.25) is 0 Å². The molecule has 8 heteroatoms. The van der Waals surface area contributed by atoms with Crippen LogP contribution >= 0.6 is 11.6 Å². The molecule has 130 valence electrons. The summed E-state index contributed by atoms with van der Waals surface area (Å²) in [5.41, 5.74) is 0.589. The normalized spacial score (nSPS) is 11.5. The van der Waals surface area contributed by atoms with E-state index in [1.54, 1.807) is 24.3 Å². The molecule has 0 bridgehead atoms. The number of nitro benzene ring substituents is 1. The van der Waals surface area contributed by atoms with Crippen LogP contribution in [0.2, 0.25) is 5.02 Å². The minimum atomic E-state index is -0.932. The number of nitro groups is 1. The lowest BCUT2D eigenvalue weighted by Gasteiger charge is -2.16. The number of non-ortho nitro benzene ring substituents is 1. The molecule has 0 saturated heterocycles. The van der Waals surface area contributed by atoms with Crippen LogP contribution in [0.15, 0.2) is 42.5 Å². The topological polar surface area (TPSA) is 98.5 Å². The van der Waals surface area contributed by atoms with Crippen LogP contribution in [-0.2, 0) is 4.79 Å². The van der Waals surface area contributed by atoms with E-state index in [-0.39, 0.29) is 22.2 Å². The van der Waals surface area contributed by atoms with Gasteiger partial charge >= 0.3 is 0 Å². The van der Waals surface area contributed by atoms with Gasteiger partial charge in [0.25, 0.3) is 11.6 Å². The first-order valence-electron chi connectivity index (χ1n) is 7.31. The molecule has 1 atom stereocenters.